The number of carbonyl (C=O) groups is 2. The highest BCUT2D eigenvalue weighted by Gasteiger charge is 2.43. The van der Waals surface area contributed by atoms with E-state index in [9.17, 15) is 9.59 Å². The van der Waals surface area contributed by atoms with Crippen molar-refractivity contribution in [3.05, 3.63) is 87.1 Å². The van der Waals surface area contributed by atoms with Gasteiger partial charge in [0.15, 0.2) is 17.3 Å². The van der Waals surface area contributed by atoms with Crippen molar-refractivity contribution < 1.29 is 23.8 Å². The summed E-state index contributed by atoms with van der Waals surface area (Å²) < 4.78 is 17.4. The van der Waals surface area contributed by atoms with Gasteiger partial charge in [0.2, 0.25) is 0 Å². The molecular formula is C26H24BrNO5. The summed E-state index contributed by atoms with van der Waals surface area (Å²) in [6.07, 6.45) is 1.65. The summed E-state index contributed by atoms with van der Waals surface area (Å²) in [4.78, 5) is 26.5. The van der Waals surface area contributed by atoms with E-state index in [0.29, 0.717) is 62.9 Å². The van der Waals surface area contributed by atoms with Crippen molar-refractivity contribution in [1.82, 2.24) is 5.32 Å². The first-order valence-corrected chi connectivity index (χ1v) is 11.4. The number of fused-ring (bicyclic) bond motifs is 2. The van der Waals surface area contributed by atoms with Gasteiger partial charge in [0.05, 0.1) is 30.9 Å². The van der Waals surface area contributed by atoms with Gasteiger partial charge < -0.3 is 19.5 Å². The number of esters is 1. The molecule has 0 unspecified atom stereocenters. The van der Waals surface area contributed by atoms with Gasteiger partial charge in [-0.15, -0.1) is 0 Å². The molecule has 0 aromatic heterocycles. The van der Waals surface area contributed by atoms with Crippen molar-refractivity contribution in [3.8, 4) is 11.5 Å². The Kier molecular flexibility index (Phi) is 6.42. The topological polar surface area (TPSA) is 73.9 Å². The van der Waals surface area contributed by atoms with E-state index in [1.54, 1.807) is 18.2 Å². The summed E-state index contributed by atoms with van der Waals surface area (Å²) in [7, 11) is 1.34. The van der Waals surface area contributed by atoms with Gasteiger partial charge in [0.25, 0.3) is 0 Å². The van der Waals surface area contributed by atoms with Gasteiger partial charge in [-0.3, -0.25) is 4.79 Å². The molecule has 1 heterocycles. The number of benzene rings is 2. The number of nitrogens with one attached hydrogen (secondary N) is 1. The second-order valence-corrected chi connectivity index (χ2v) is 8.46. The van der Waals surface area contributed by atoms with Gasteiger partial charge in [-0.1, -0.05) is 52.9 Å². The maximum Gasteiger partial charge on any atom is 0.336 e. The summed E-state index contributed by atoms with van der Waals surface area (Å²) in [5.74, 6) is -0.225. The van der Waals surface area contributed by atoms with E-state index in [1.807, 2.05) is 38.1 Å². The number of halogens is 1. The van der Waals surface area contributed by atoms with Gasteiger partial charge in [-0.05, 0) is 31.5 Å². The van der Waals surface area contributed by atoms with Crippen LogP contribution >= 0.6 is 15.9 Å². The van der Waals surface area contributed by atoms with Crippen molar-refractivity contribution >= 4 is 33.4 Å². The monoisotopic (exact) mass is 509 g/mol. The molecule has 2 aromatic carbocycles. The van der Waals surface area contributed by atoms with E-state index in [0.717, 1.165) is 5.56 Å². The molecular weight excluding hydrogens is 486 g/mol. The molecule has 1 aliphatic carbocycles. The first-order valence-electron chi connectivity index (χ1n) is 10.6. The number of hydrogen-bond acceptors (Lipinski definition) is 6. The maximum atomic E-state index is 13.6. The molecule has 0 bridgehead atoms. The summed E-state index contributed by atoms with van der Waals surface area (Å²) in [6.45, 7) is 8.12. The second kappa shape index (κ2) is 9.27. The first kappa shape index (κ1) is 22.9. The van der Waals surface area contributed by atoms with Crippen LogP contribution in [0.5, 0.6) is 11.5 Å². The number of carbonyl (C=O) groups excluding carboxylic acids is 2. The predicted octanol–water partition coefficient (Wildman–Crippen LogP) is 5.15. The molecule has 4 rings (SSSR count). The standard InChI is InChI=1S/C26H24BrNO5/c1-5-11-33-20-13-18(27)17(12-19(20)32-6-2)22-21(26(30)31-4)14(3)28-24-15-9-7-8-10-16(15)25(29)23(22)24/h5,7-10,12-13,22,28H,1,6,11H2,2-4H3/t22-/m1/s1. The first-order chi connectivity index (χ1) is 15.9. The lowest BCUT2D eigenvalue weighted by Crippen LogP contribution is -2.29. The van der Waals surface area contributed by atoms with Crippen LogP contribution in [0.4, 0.5) is 0 Å². The van der Waals surface area contributed by atoms with Crippen LogP contribution < -0.4 is 14.8 Å². The highest BCUT2D eigenvalue weighted by atomic mass is 79.9. The zero-order valence-electron chi connectivity index (χ0n) is 18.7. The zero-order valence-corrected chi connectivity index (χ0v) is 20.2. The summed E-state index contributed by atoms with van der Waals surface area (Å²) >= 11 is 3.64. The fraction of sp³-hybridized carbons (Fsp3) is 0.231. The van der Waals surface area contributed by atoms with E-state index < -0.39 is 11.9 Å². The average molecular weight is 510 g/mol. The molecule has 0 amide bonds. The Hall–Kier alpha value is -3.32. The predicted molar refractivity (Wildman–Crippen MR) is 129 cm³/mol. The normalized spacial score (nSPS) is 16.7. The molecule has 0 saturated heterocycles. The maximum absolute atomic E-state index is 13.6. The minimum atomic E-state index is -0.657. The number of dihydropyridines is 1. The van der Waals surface area contributed by atoms with Crippen molar-refractivity contribution in [2.45, 2.75) is 19.8 Å². The lowest BCUT2D eigenvalue weighted by molar-refractivity contribution is -0.136. The SMILES string of the molecule is C=CCOc1cc(Br)c([C@@H]2C(C(=O)OC)=C(C)NC3=C2C(=O)c2ccccc23)cc1OCC. The molecule has 33 heavy (non-hydrogen) atoms. The Bertz CT molecular complexity index is 1230. The van der Waals surface area contributed by atoms with Crippen molar-refractivity contribution in [3.63, 3.8) is 0 Å². The van der Waals surface area contributed by atoms with E-state index in [1.165, 1.54) is 7.11 Å². The molecule has 1 atom stereocenters. The molecule has 7 heteroatoms. The third-order valence-electron chi connectivity index (χ3n) is 5.68. The van der Waals surface area contributed by atoms with Crippen molar-refractivity contribution in [2.24, 2.45) is 0 Å². The number of ether oxygens (including phenoxy) is 3. The summed E-state index contributed by atoms with van der Waals surface area (Å²) in [5, 5.41) is 3.28. The van der Waals surface area contributed by atoms with Crippen LogP contribution in [0.1, 0.15) is 41.3 Å². The van der Waals surface area contributed by atoms with Crippen LogP contribution in [-0.2, 0) is 9.53 Å². The number of methoxy groups -OCH3 is 1. The van der Waals surface area contributed by atoms with Gasteiger partial charge in [-0.25, -0.2) is 4.79 Å². The molecule has 1 aliphatic heterocycles. The summed E-state index contributed by atoms with van der Waals surface area (Å²) in [5.41, 5.74) is 4.35. The second-order valence-electron chi connectivity index (χ2n) is 7.60. The molecule has 2 aromatic rings. The number of hydrogen-bond donors (Lipinski definition) is 1. The molecule has 6 nitrogen and oxygen atoms in total. The van der Waals surface area contributed by atoms with E-state index in [4.69, 9.17) is 14.2 Å². The van der Waals surface area contributed by atoms with Crippen LogP contribution in [-0.4, -0.2) is 32.1 Å². The largest absolute Gasteiger partial charge is 0.490 e. The van der Waals surface area contributed by atoms with Crippen LogP contribution in [0, 0.1) is 0 Å². The minimum absolute atomic E-state index is 0.121. The van der Waals surface area contributed by atoms with Gasteiger partial charge >= 0.3 is 5.97 Å². The van der Waals surface area contributed by atoms with Crippen LogP contribution in [0.25, 0.3) is 5.70 Å². The fourth-order valence-corrected chi connectivity index (χ4v) is 4.87. The van der Waals surface area contributed by atoms with Crippen LogP contribution in [0.3, 0.4) is 0 Å². The molecule has 2 aliphatic rings. The molecule has 1 N–H and O–H groups in total. The Morgan fingerprint density at radius 2 is 1.88 bits per heavy atom. The number of Topliss-reactive ketones (excluding diaryl/α,β-unsaturated/α-hetero) is 1. The molecule has 0 spiro atoms. The Morgan fingerprint density at radius 3 is 2.55 bits per heavy atom. The third-order valence-corrected chi connectivity index (χ3v) is 6.37. The number of ketones is 1. The number of rotatable bonds is 7. The van der Waals surface area contributed by atoms with E-state index in [-0.39, 0.29) is 5.78 Å². The average Bonchev–Trinajstić information content (AvgIpc) is 3.09. The van der Waals surface area contributed by atoms with Crippen LogP contribution in [0.2, 0.25) is 0 Å². The highest BCUT2D eigenvalue weighted by Crippen LogP contribution is 2.50. The molecule has 0 radical (unpaired) electrons. The molecule has 170 valence electrons. The lowest BCUT2D eigenvalue weighted by Gasteiger charge is -2.30. The number of allylic oxidation sites excluding steroid dienone is 2. The quantitative estimate of drug-likeness (QED) is 0.410. The zero-order chi connectivity index (χ0) is 23.7. The smallest absolute Gasteiger partial charge is 0.336 e. The fourth-order valence-electron chi connectivity index (χ4n) is 4.32. The van der Waals surface area contributed by atoms with Gasteiger partial charge in [0, 0.05) is 26.9 Å². The van der Waals surface area contributed by atoms with E-state index >= 15 is 0 Å². The minimum Gasteiger partial charge on any atom is -0.490 e. The van der Waals surface area contributed by atoms with Crippen molar-refractivity contribution in [1.29, 1.82) is 0 Å². The van der Waals surface area contributed by atoms with Crippen LogP contribution in [0.15, 0.2) is 70.4 Å². The van der Waals surface area contributed by atoms with Gasteiger partial charge in [-0.2, -0.15) is 0 Å². The molecule has 0 fully saturated rings. The molecule has 0 saturated carbocycles. The Morgan fingerprint density at radius 1 is 1.18 bits per heavy atom. The third kappa shape index (κ3) is 3.86. The van der Waals surface area contributed by atoms with E-state index in [2.05, 4.69) is 27.8 Å². The Labute approximate surface area is 201 Å². The van der Waals surface area contributed by atoms with Gasteiger partial charge in [0.1, 0.15) is 6.61 Å². The summed E-state index contributed by atoms with van der Waals surface area (Å²) in [6, 6.07) is 11.0. The highest BCUT2D eigenvalue weighted by molar-refractivity contribution is 9.10. The van der Waals surface area contributed by atoms with Crippen molar-refractivity contribution in [2.75, 3.05) is 20.3 Å². The Balaban J connectivity index is 1.95. The lowest BCUT2D eigenvalue weighted by atomic mass is 9.79.